The molecule has 2 aromatic rings. The number of thiazole rings is 1. The van der Waals surface area contributed by atoms with E-state index < -0.39 is 0 Å². The van der Waals surface area contributed by atoms with Gasteiger partial charge in [-0.05, 0) is 43.5 Å². The van der Waals surface area contributed by atoms with Gasteiger partial charge in [-0.3, -0.25) is 0 Å². The van der Waals surface area contributed by atoms with Crippen molar-refractivity contribution in [2.24, 2.45) is 5.92 Å². The van der Waals surface area contributed by atoms with Gasteiger partial charge < -0.3 is 5.32 Å². The third kappa shape index (κ3) is 5.21. The summed E-state index contributed by atoms with van der Waals surface area (Å²) in [6.07, 6.45) is 0.846. The standard InChI is InChI=1S/C17H23FN2S/c1-12(2)9-19-10-15(8-17-11-21-13(3)20-17)14-5-4-6-16(18)7-14/h4-7,11-12,15,19H,8-10H2,1-3H3. The fraction of sp³-hybridized carbons (Fsp3) is 0.471. The van der Waals surface area contributed by atoms with E-state index >= 15 is 0 Å². The molecule has 2 rings (SSSR count). The summed E-state index contributed by atoms with van der Waals surface area (Å²) in [7, 11) is 0. The van der Waals surface area contributed by atoms with Crippen LogP contribution in [0.4, 0.5) is 4.39 Å². The van der Waals surface area contributed by atoms with Crippen molar-refractivity contribution in [2.45, 2.75) is 33.1 Å². The largest absolute Gasteiger partial charge is 0.316 e. The highest BCUT2D eigenvalue weighted by Crippen LogP contribution is 2.22. The summed E-state index contributed by atoms with van der Waals surface area (Å²) < 4.78 is 13.5. The Bertz CT molecular complexity index is 565. The summed E-state index contributed by atoms with van der Waals surface area (Å²) in [4.78, 5) is 4.54. The van der Waals surface area contributed by atoms with E-state index in [2.05, 4.69) is 29.5 Å². The van der Waals surface area contributed by atoms with Crippen molar-refractivity contribution in [2.75, 3.05) is 13.1 Å². The molecule has 0 aliphatic heterocycles. The molecule has 1 aromatic heterocycles. The molecule has 0 fully saturated rings. The van der Waals surface area contributed by atoms with Crippen molar-refractivity contribution in [3.05, 3.63) is 51.7 Å². The molecule has 0 aliphatic carbocycles. The predicted molar refractivity (Wildman–Crippen MR) is 87.4 cm³/mol. The van der Waals surface area contributed by atoms with Crippen molar-refractivity contribution in [3.63, 3.8) is 0 Å². The average Bonchev–Trinajstić information content (AvgIpc) is 2.83. The van der Waals surface area contributed by atoms with E-state index in [1.165, 1.54) is 6.07 Å². The quantitative estimate of drug-likeness (QED) is 0.830. The first-order valence-corrected chi connectivity index (χ1v) is 8.29. The highest BCUT2D eigenvalue weighted by atomic mass is 32.1. The van der Waals surface area contributed by atoms with Crippen LogP contribution in [0.5, 0.6) is 0 Å². The van der Waals surface area contributed by atoms with Crippen molar-refractivity contribution in [1.82, 2.24) is 10.3 Å². The van der Waals surface area contributed by atoms with E-state index in [1.807, 2.05) is 13.0 Å². The minimum absolute atomic E-state index is 0.171. The van der Waals surface area contributed by atoms with Crippen LogP contribution in [0.25, 0.3) is 0 Å². The number of aryl methyl sites for hydroxylation is 1. The number of benzene rings is 1. The van der Waals surface area contributed by atoms with Crippen LogP contribution < -0.4 is 5.32 Å². The smallest absolute Gasteiger partial charge is 0.123 e. The lowest BCUT2D eigenvalue weighted by molar-refractivity contribution is 0.510. The fourth-order valence-corrected chi connectivity index (χ4v) is 2.99. The van der Waals surface area contributed by atoms with Crippen LogP contribution in [0.3, 0.4) is 0 Å². The third-order valence-electron chi connectivity index (χ3n) is 3.39. The van der Waals surface area contributed by atoms with E-state index in [-0.39, 0.29) is 11.7 Å². The lowest BCUT2D eigenvalue weighted by atomic mass is 9.94. The molecule has 0 saturated carbocycles. The molecule has 4 heteroatoms. The maximum Gasteiger partial charge on any atom is 0.123 e. The number of hydrogen-bond donors (Lipinski definition) is 1. The zero-order valence-electron chi connectivity index (χ0n) is 12.9. The lowest BCUT2D eigenvalue weighted by Crippen LogP contribution is -2.26. The van der Waals surface area contributed by atoms with Crippen LogP contribution in [0.15, 0.2) is 29.6 Å². The molecule has 1 N–H and O–H groups in total. The molecule has 1 heterocycles. The molecule has 0 radical (unpaired) electrons. The Balaban J connectivity index is 2.09. The molecule has 0 spiro atoms. The zero-order chi connectivity index (χ0) is 15.2. The molecule has 1 atom stereocenters. The van der Waals surface area contributed by atoms with E-state index in [0.29, 0.717) is 5.92 Å². The second-order valence-electron chi connectivity index (χ2n) is 5.87. The normalized spacial score (nSPS) is 12.8. The Kier molecular flexibility index (Phi) is 5.88. The van der Waals surface area contributed by atoms with Gasteiger partial charge in [0.05, 0.1) is 10.7 Å². The molecule has 114 valence electrons. The summed E-state index contributed by atoms with van der Waals surface area (Å²) in [6.45, 7) is 8.21. The van der Waals surface area contributed by atoms with Gasteiger partial charge >= 0.3 is 0 Å². The first-order valence-electron chi connectivity index (χ1n) is 7.41. The summed E-state index contributed by atoms with van der Waals surface area (Å²) in [5.74, 6) is 0.691. The highest BCUT2D eigenvalue weighted by Gasteiger charge is 2.15. The number of aromatic nitrogens is 1. The molecular weight excluding hydrogens is 283 g/mol. The van der Waals surface area contributed by atoms with Gasteiger partial charge in [0.25, 0.3) is 0 Å². The van der Waals surface area contributed by atoms with Crippen LogP contribution in [0.1, 0.15) is 36.0 Å². The maximum atomic E-state index is 13.5. The van der Waals surface area contributed by atoms with Crippen molar-refractivity contribution >= 4 is 11.3 Å². The Morgan fingerprint density at radius 3 is 2.71 bits per heavy atom. The van der Waals surface area contributed by atoms with E-state index in [9.17, 15) is 4.39 Å². The average molecular weight is 306 g/mol. The van der Waals surface area contributed by atoms with Gasteiger partial charge in [-0.2, -0.15) is 0 Å². The van der Waals surface area contributed by atoms with E-state index in [1.54, 1.807) is 23.5 Å². The molecule has 2 nitrogen and oxygen atoms in total. The first-order chi connectivity index (χ1) is 10.0. The Morgan fingerprint density at radius 1 is 1.29 bits per heavy atom. The molecule has 21 heavy (non-hydrogen) atoms. The summed E-state index contributed by atoms with van der Waals surface area (Å²) in [5.41, 5.74) is 2.13. The summed E-state index contributed by atoms with van der Waals surface area (Å²) in [6, 6.07) is 6.92. The fourth-order valence-electron chi connectivity index (χ4n) is 2.37. The molecule has 0 aliphatic rings. The first kappa shape index (κ1) is 16.1. The summed E-state index contributed by atoms with van der Waals surface area (Å²) >= 11 is 1.67. The van der Waals surface area contributed by atoms with E-state index in [0.717, 1.165) is 35.8 Å². The molecule has 0 bridgehead atoms. The van der Waals surface area contributed by atoms with Crippen molar-refractivity contribution in [3.8, 4) is 0 Å². The van der Waals surface area contributed by atoms with Crippen LogP contribution in [0, 0.1) is 18.7 Å². The Hall–Kier alpha value is -1.26. The minimum atomic E-state index is -0.171. The van der Waals surface area contributed by atoms with Gasteiger partial charge in [-0.15, -0.1) is 11.3 Å². The Labute approximate surface area is 130 Å². The third-order valence-corrected chi connectivity index (χ3v) is 4.21. The highest BCUT2D eigenvalue weighted by molar-refractivity contribution is 7.09. The second kappa shape index (κ2) is 7.66. The molecule has 1 unspecified atom stereocenters. The van der Waals surface area contributed by atoms with Gasteiger partial charge in [0, 0.05) is 17.8 Å². The molecular formula is C17H23FN2S. The zero-order valence-corrected chi connectivity index (χ0v) is 13.7. The Morgan fingerprint density at radius 2 is 2.10 bits per heavy atom. The summed E-state index contributed by atoms with van der Waals surface area (Å²) in [5, 5.41) is 6.67. The van der Waals surface area contributed by atoms with Crippen molar-refractivity contribution in [1.29, 1.82) is 0 Å². The van der Waals surface area contributed by atoms with Crippen LogP contribution in [-0.2, 0) is 6.42 Å². The monoisotopic (exact) mass is 306 g/mol. The number of halogens is 1. The van der Waals surface area contributed by atoms with Crippen LogP contribution in [0.2, 0.25) is 0 Å². The van der Waals surface area contributed by atoms with E-state index in [4.69, 9.17) is 0 Å². The van der Waals surface area contributed by atoms with Gasteiger partial charge in [0.15, 0.2) is 0 Å². The maximum absolute atomic E-state index is 13.5. The topological polar surface area (TPSA) is 24.9 Å². The van der Waals surface area contributed by atoms with Crippen LogP contribution >= 0.6 is 11.3 Å². The predicted octanol–water partition coefficient (Wildman–Crippen LogP) is 4.16. The second-order valence-corrected chi connectivity index (χ2v) is 6.93. The van der Waals surface area contributed by atoms with Gasteiger partial charge in [0.2, 0.25) is 0 Å². The molecule has 1 aromatic carbocycles. The van der Waals surface area contributed by atoms with Gasteiger partial charge in [0.1, 0.15) is 5.82 Å². The minimum Gasteiger partial charge on any atom is -0.316 e. The molecule has 0 saturated heterocycles. The SMILES string of the molecule is Cc1nc(CC(CNCC(C)C)c2cccc(F)c2)cs1. The van der Waals surface area contributed by atoms with Crippen LogP contribution in [-0.4, -0.2) is 18.1 Å². The van der Waals surface area contributed by atoms with Gasteiger partial charge in [-0.1, -0.05) is 26.0 Å². The lowest BCUT2D eigenvalue weighted by Gasteiger charge is -2.18. The number of nitrogens with one attached hydrogen (secondary N) is 1. The number of rotatable bonds is 7. The molecule has 0 amide bonds. The van der Waals surface area contributed by atoms with Crippen molar-refractivity contribution < 1.29 is 4.39 Å². The van der Waals surface area contributed by atoms with Gasteiger partial charge in [-0.25, -0.2) is 9.37 Å². The number of nitrogens with zero attached hydrogens (tertiary/aromatic N) is 1. The number of hydrogen-bond acceptors (Lipinski definition) is 3.